The molecule has 0 aromatic carbocycles. The summed E-state index contributed by atoms with van der Waals surface area (Å²) >= 11 is 0. The first-order chi connectivity index (χ1) is 6.26. The molecule has 4 N–H and O–H groups in total. The molecule has 13 heavy (non-hydrogen) atoms. The van der Waals surface area contributed by atoms with E-state index in [1.165, 1.54) is 0 Å². The number of hydrogen-bond acceptors (Lipinski definition) is 3. The molecular formula is C9H18N4. The van der Waals surface area contributed by atoms with E-state index < -0.39 is 0 Å². The number of nitrogens with zero attached hydrogens (tertiary/aromatic N) is 1. The highest BCUT2D eigenvalue weighted by Crippen LogP contribution is 1.99. The Morgan fingerprint density at radius 2 is 2.46 bits per heavy atom. The quantitative estimate of drug-likeness (QED) is 0.618. The van der Waals surface area contributed by atoms with Gasteiger partial charge in [0.25, 0.3) is 0 Å². The van der Waals surface area contributed by atoms with Gasteiger partial charge in [-0.05, 0) is 19.4 Å². The van der Waals surface area contributed by atoms with Crippen molar-refractivity contribution < 1.29 is 0 Å². The maximum atomic E-state index is 5.48. The van der Waals surface area contributed by atoms with Crippen LogP contribution in [0.2, 0.25) is 0 Å². The maximum absolute atomic E-state index is 5.48. The molecule has 0 amide bonds. The number of rotatable bonds is 5. The highest BCUT2D eigenvalue weighted by atomic mass is 15.1. The van der Waals surface area contributed by atoms with Gasteiger partial charge in [0.05, 0.1) is 5.69 Å². The molecule has 1 aromatic heterocycles. The average molecular weight is 182 g/mol. The van der Waals surface area contributed by atoms with Crippen LogP contribution in [0.5, 0.6) is 0 Å². The summed E-state index contributed by atoms with van der Waals surface area (Å²) in [5.74, 6) is 0. The van der Waals surface area contributed by atoms with Gasteiger partial charge in [-0.15, -0.1) is 0 Å². The highest BCUT2D eigenvalue weighted by Gasteiger charge is 2.01. The monoisotopic (exact) mass is 182 g/mol. The summed E-state index contributed by atoms with van der Waals surface area (Å²) < 4.78 is 0. The summed E-state index contributed by atoms with van der Waals surface area (Å²) in [5.41, 5.74) is 7.71. The molecule has 1 atom stereocenters. The lowest BCUT2D eigenvalue weighted by molar-refractivity contribution is 0.550. The van der Waals surface area contributed by atoms with Gasteiger partial charge in [0.1, 0.15) is 0 Å². The van der Waals surface area contributed by atoms with E-state index in [1.807, 2.05) is 0 Å². The van der Waals surface area contributed by atoms with Gasteiger partial charge >= 0.3 is 0 Å². The largest absolute Gasteiger partial charge is 0.329 e. The molecule has 0 saturated heterocycles. The van der Waals surface area contributed by atoms with Gasteiger partial charge in [-0.3, -0.25) is 5.10 Å². The molecule has 0 unspecified atom stereocenters. The first kappa shape index (κ1) is 10.2. The predicted molar refractivity (Wildman–Crippen MR) is 53.3 cm³/mol. The van der Waals surface area contributed by atoms with Crippen molar-refractivity contribution in [2.75, 3.05) is 6.54 Å². The van der Waals surface area contributed by atoms with Gasteiger partial charge in [-0.2, -0.15) is 5.10 Å². The number of aromatic amines is 1. The van der Waals surface area contributed by atoms with E-state index >= 15 is 0 Å². The Bertz CT molecular complexity index is 244. The maximum Gasteiger partial charge on any atom is 0.0622 e. The van der Waals surface area contributed by atoms with Gasteiger partial charge in [0, 0.05) is 24.8 Å². The molecule has 4 heteroatoms. The van der Waals surface area contributed by atoms with Gasteiger partial charge < -0.3 is 11.1 Å². The van der Waals surface area contributed by atoms with Crippen LogP contribution < -0.4 is 11.1 Å². The molecular weight excluding hydrogens is 164 g/mol. The smallest absolute Gasteiger partial charge is 0.0622 e. The zero-order valence-electron chi connectivity index (χ0n) is 8.30. The van der Waals surface area contributed by atoms with E-state index in [-0.39, 0.29) is 0 Å². The first-order valence-electron chi connectivity index (χ1n) is 4.72. The minimum atomic E-state index is 0.355. The summed E-state index contributed by atoms with van der Waals surface area (Å²) in [5, 5.41) is 10.4. The van der Waals surface area contributed by atoms with Crippen LogP contribution in [-0.4, -0.2) is 22.8 Å². The third kappa shape index (κ3) is 3.16. The second kappa shape index (κ2) is 4.99. The number of nitrogens with two attached hydrogens (primary N) is 1. The lowest BCUT2D eigenvalue weighted by Gasteiger charge is -2.08. The minimum Gasteiger partial charge on any atom is -0.329 e. The molecule has 0 saturated carbocycles. The molecule has 0 bridgehead atoms. The van der Waals surface area contributed by atoms with Gasteiger partial charge in [0.2, 0.25) is 0 Å². The van der Waals surface area contributed by atoms with E-state index in [1.54, 1.807) is 0 Å². The Balaban J connectivity index is 2.36. The van der Waals surface area contributed by atoms with Crippen molar-refractivity contribution in [1.82, 2.24) is 15.5 Å². The van der Waals surface area contributed by atoms with Crippen molar-refractivity contribution in [3.05, 3.63) is 17.5 Å². The van der Waals surface area contributed by atoms with Crippen LogP contribution >= 0.6 is 0 Å². The van der Waals surface area contributed by atoms with Crippen molar-refractivity contribution in [2.24, 2.45) is 5.73 Å². The van der Waals surface area contributed by atoms with Crippen molar-refractivity contribution in [3.8, 4) is 0 Å². The zero-order valence-corrected chi connectivity index (χ0v) is 8.30. The van der Waals surface area contributed by atoms with E-state index in [2.05, 4.69) is 35.4 Å². The third-order valence-electron chi connectivity index (χ3n) is 2.04. The van der Waals surface area contributed by atoms with Crippen LogP contribution in [-0.2, 0) is 13.0 Å². The molecule has 0 aliphatic rings. The Morgan fingerprint density at radius 3 is 3.00 bits per heavy atom. The Kier molecular flexibility index (Phi) is 3.92. The lowest BCUT2D eigenvalue weighted by Crippen LogP contribution is -2.32. The van der Waals surface area contributed by atoms with Crippen LogP contribution in [0.1, 0.15) is 25.2 Å². The topological polar surface area (TPSA) is 66.7 Å². The molecule has 4 nitrogen and oxygen atoms in total. The van der Waals surface area contributed by atoms with E-state index in [4.69, 9.17) is 5.73 Å². The van der Waals surface area contributed by atoms with Gasteiger partial charge in [-0.1, -0.05) is 6.92 Å². The van der Waals surface area contributed by atoms with Crippen LogP contribution in [0, 0.1) is 0 Å². The number of aryl methyl sites for hydroxylation is 1. The van der Waals surface area contributed by atoms with E-state index in [9.17, 15) is 0 Å². The number of nitrogens with one attached hydrogen (secondary N) is 2. The zero-order chi connectivity index (χ0) is 9.68. The number of aromatic nitrogens is 2. The Labute approximate surface area is 78.9 Å². The summed E-state index contributed by atoms with van der Waals surface area (Å²) in [6.07, 6.45) is 0.975. The highest BCUT2D eigenvalue weighted by molar-refractivity contribution is 5.08. The summed E-state index contributed by atoms with van der Waals surface area (Å²) in [6, 6.07) is 2.43. The van der Waals surface area contributed by atoms with Crippen LogP contribution in [0.15, 0.2) is 6.07 Å². The van der Waals surface area contributed by atoms with E-state index in [0.717, 1.165) is 24.4 Å². The van der Waals surface area contributed by atoms with Crippen molar-refractivity contribution in [3.63, 3.8) is 0 Å². The Morgan fingerprint density at radius 1 is 1.69 bits per heavy atom. The van der Waals surface area contributed by atoms with E-state index in [0.29, 0.717) is 12.6 Å². The fourth-order valence-corrected chi connectivity index (χ4v) is 1.05. The third-order valence-corrected chi connectivity index (χ3v) is 2.04. The van der Waals surface area contributed by atoms with Crippen LogP contribution in [0.25, 0.3) is 0 Å². The van der Waals surface area contributed by atoms with Gasteiger partial charge in [-0.25, -0.2) is 0 Å². The average Bonchev–Trinajstić information content (AvgIpc) is 2.61. The van der Waals surface area contributed by atoms with Crippen molar-refractivity contribution >= 4 is 0 Å². The number of H-pyrrole nitrogens is 1. The lowest BCUT2D eigenvalue weighted by atomic mass is 10.3. The molecule has 1 aromatic rings. The fourth-order valence-electron chi connectivity index (χ4n) is 1.05. The Hall–Kier alpha value is -0.870. The standard InChI is InChI=1S/C9H18N4/c1-3-8-4-9(13-12-8)6-11-7(2)5-10/h4,7,11H,3,5-6,10H2,1-2H3,(H,12,13)/t7-/m0/s1. The van der Waals surface area contributed by atoms with Crippen molar-refractivity contribution in [2.45, 2.75) is 32.9 Å². The minimum absolute atomic E-state index is 0.355. The first-order valence-corrected chi connectivity index (χ1v) is 4.72. The second-order valence-corrected chi connectivity index (χ2v) is 3.26. The SMILES string of the molecule is CCc1cc(CN[C@@H](C)CN)[nH]n1. The summed E-state index contributed by atoms with van der Waals surface area (Å²) in [6.45, 7) is 5.63. The normalized spacial score (nSPS) is 13.2. The molecule has 0 radical (unpaired) electrons. The molecule has 1 heterocycles. The van der Waals surface area contributed by atoms with Crippen molar-refractivity contribution in [1.29, 1.82) is 0 Å². The summed E-state index contributed by atoms with van der Waals surface area (Å²) in [7, 11) is 0. The van der Waals surface area contributed by atoms with Gasteiger partial charge in [0.15, 0.2) is 0 Å². The molecule has 0 fully saturated rings. The molecule has 0 aliphatic carbocycles. The second-order valence-electron chi connectivity index (χ2n) is 3.26. The fraction of sp³-hybridized carbons (Fsp3) is 0.667. The van der Waals surface area contributed by atoms with Crippen LogP contribution in [0.3, 0.4) is 0 Å². The molecule has 0 aliphatic heterocycles. The molecule has 0 spiro atoms. The van der Waals surface area contributed by atoms with Crippen LogP contribution in [0.4, 0.5) is 0 Å². The molecule has 1 rings (SSSR count). The molecule has 74 valence electrons. The summed E-state index contributed by atoms with van der Waals surface area (Å²) in [4.78, 5) is 0. The number of hydrogen-bond donors (Lipinski definition) is 3. The predicted octanol–water partition coefficient (Wildman–Crippen LogP) is 0.409.